The van der Waals surface area contributed by atoms with Crippen molar-refractivity contribution in [1.82, 2.24) is 4.98 Å². The third-order valence-corrected chi connectivity index (χ3v) is 32.6. The average Bonchev–Trinajstić information content (AvgIpc) is 3.69. The standard InChI is InChI=1S/C42H81NO7S2Si4/c1-19-55(20-2,21-3)50-40(39(49-54(17,18)42(11,12)13)33(10)26-27-46-56(30(4)5,31(6)7)32(8)9)36-28-35(48-53(14,15)16)37(47-36)29-52(44,45)41-43-34-24-22-23-25-38(34)51-41/h22-25,30-33,35-37,39-40H,19-21,26-29H2,1-18H3/t33-,35-,36+,37-,39-,40-/m1/s1. The lowest BCUT2D eigenvalue weighted by molar-refractivity contribution is -0.0876. The number of rotatable bonds is 22. The van der Waals surface area contributed by atoms with Crippen molar-refractivity contribution in [3.05, 3.63) is 24.3 Å². The number of thiazole rings is 1. The monoisotopic (exact) mass is 887 g/mol. The predicted molar refractivity (Wildman–Crippen MR) is 248 cm³/mol. The van der Waals surface area contributed by atoms with Gasteiger partial charge in [-0.3, -0.25) is 0 Å². The topological polar surface area (TPSA) is 93.2 Å². The van der Waals surface area contributed by atoms with Crippen molar-refractivity contribution in [2.75, 3.05) is 12.4 Å². The smallest absolute Gasteiger partial charge is 0.210 e. The van der Waals surface area contributed by atoms with E-state index in [1.807, 2.05) is 24.3 Å². The number of aromatic nitrogens is 1. The molecular formula is C42H81NO7S2Si4. The number of ether oxygens (including phenoxy) is 1. The fourth-order valence-corrected chi connectivity index (χ4v) is 22.4. The summed E-state index contributed by atoms with van der Waals surface area (Å²) in [6.45, 7) is 41.9. The molecule has 14 heteroatoms. The third-order valence-electron chi connectivity index (χ3n) is 13.1. The van der Waals surface area contributed by atoms with Gasteiger partial charge in [-0.2, -0.15) is 0 Å². The van der Waals surface area contributed by atoms with E-state index in [-0.39, 0.29) is 39.4 Å². The second kappa shape index (κ2) is 19.6. The summed E-state index contributed by atoms with van der Waals surface area (Å²) >= 11 is 1.23. The van der Waals surface area contributed by atoms with Gasteiger partial charge in [0.25, 0.3) is 0 Å². The first-order valence-corrected chi connectivity index (χ1v) is 35.1. The Hall–Kier alpha value is -0.272. The Morgan fingerprint density at radius 1 is 0.875 bits per heavy atom. The summed E-state index contributed by atoms with van der Waals surface area (Å²) < 4.78 is 65.6. The molecule has 324 valence electrons. The van der Waals surface area contributed by atoms with Crippen LogP contribution in [0.1, 0.15) is 103 Å². The summed E-state index contributed by atoms with van der Waals surface area (Å²) in [6, 6.07) is 10.6. The van der Waals surface area contributed by atoms with Crippen LogP contribution in [-0.4, -0.2) is 89.6 Å². The van der Waals surface area contributed by atoms with Crippen LogP contribution in [-0.2, 0) is 32.3 Å². The van der Waals surface area contributed by atoms with Gasteiger partial charge in [0.2, 0.25) is 14.2 Å². The first kappa shape index (κ1) is 50.1. The number of fused-ring (bicyclic) bond motifs is 1. The normalized spacial score (nSPS) is 21.1. The van der Waals surface area contributed by atoms with Crippen molar-refractivity contribution in [2.45, 2.75) is 210 Å². The van der Waals surface area contributed by atoms with E-state index < -0.39 is 55.3 Å². The molecule has 0 unspecified atom stereocenters. The van der Waals surface area contributed by atoms with Gasteiger partial charge in [0.1, 0.15) is 0 Å². The zero-order valence-corrected chi connectivity index (χ0v) is 44.2. The van der Waals surface area contributed by atoms with Gasteiger partial charge in [0.15, 0.2) is 33.3 Å². The van der Waals surface area contributed by atoms with Crippen LogP contribution < -0.4 is 0 Å². The Balaban J connectivity index is 2.13. The van der Waals surface area contributed by atoms with Crippen LogP contribution in [0.4, 0.5) is 0 Å². The Morgan fingerprint density at radius 2 is 1.43 bits per heavy atom. The van der Waals surface area contributed by atoms with Crippen LogP contribution in [0.25, 0.3) is 10.2 Å². The highest BCUT2D eigenvalue weighted by Gasteiger charge is 2.52. The van der Waals surface area contributed by atoms with E-state index in [1.54, 1.807) is 0 Å². The molecule has 0 saturated carbocycles. The van der Waals surface area contributed by atoms with Crippen LogP contribution in [0.3, 0.4) is 0 Å². The maximum atomic E-state index is 14.2. The molecule has 2 aromatic rings. The van der Waals surface area contributed by atoms with Crippen molar-refractivity contribution in [3.63, 3.8) is 0 Å². The lowest BCUT2D eigenvalue weighted by atomic mass is 9.92. The summed E-state index contributed by atoms with van der Waals surface area (Å²) in [7, 11) is -12.5. The van der Waals surface area contributed by atoms with E-state index in [1.165, 1.54) is 11.3 Å². The van der Waals surface area contributed by atoms with E-state index in [9.17, 15) is 8.42 Å². The lowest BCUT2D eigenvalue weighted by Crippen LogP contribution is -2.56. The Bertz CT molecular complexity index is 1570. The molecule has 1 fully saturated rings. The molecule has 1 aromatic heterocycles. The molecule has 1 aliphatic rings. The summed E-state index contributed by atoms with van der Waals surface area (Å²) in [4.78, 5) is 4.55. The number of benzene rings is 1. The van der Waals surface area contributed by atoms with Gasteiger partial charge in [0.05, 0.1) is 46.5 Å². The Morgan fingerprint density at radius 3 is 1.91 bits per heavy atom. The van der Waals surface area contributed by atoms with Gasteiger partial charge in [-0.05, 0) is 97.0 Å². The molecule has 8 nitrogen and oxygen atoms in total. The molecule has 0 N–H and O–H groups in total. The molecule has 0 bridgehead atoms. The predicted octanol–water partition coefficient (Wildman–Crippen LogP) is 12.4. The van der Waals surface area contributed by atoms with Gasteiger partial charge in [0, 0.05) is 13.0 Å². The Kier molecular flexibility index (Phi) is 17.5. The fraction of sp³-hybridized carbons (Fsp3) is 0.833. The number of hydrogen-bond donors (Lipinski definition) is 0. The lowest BCUT2D eigenvalue weighted by Gasteiger charge is -2.47. The Labute approximate surface area is 351 Å². The number of para-hydroxylation sites is 1. The fourth-order valence-electron chi connectivity index (χ4n) is 8.71. The van der Waals surface area contributed by atoms with E-state index in [0.29, 0.717) is 35.2 Å². The minimum Gasteiger partial charge on any atom is -0.416 e. The molecular weight excluding hydrogens is 807 g/mol. The maximum Gasteiger partial charge on any atom is 0.210 e. The minimum atomic E-state index is -3.78. The van der Waals surface area contributed by atoms with Crippen LogP contribution >= 0.6 is 11.3 Å². The quantitative estimate of drug-likeness (QED) is 0.108. The van der Waals surface area contributed by atoms with Crippen LogP contribution in [0.5, 0.6) is 0 Å². The largest absolute Gasteiger partial charge is 0.416 e. The number of hydrogen-bond acceptors (Lipinski definition) is 9. The van der Waals surface area contributed by atoms with E-state index in [2.05, 4.69) is 128 Å². The van der Waals surface area contributed by atoms with Crippen molar-refractivity contribution >= 4 is 64.7 Å². The van der Waals surface area contributed by atoms with E-state index >= 15 is 0 Å². The van der Waals surface area contributed by atoms with E-state index in [4.69, 9.17) is 22.4 Å². The molecule has 56 heavy (non-hydrogen) atoms. The highest BCUT2D eigenvalue weighted by molar-refractivity contribution is 7.93. The molecule has 2 heterocycles. The van der Waals surface area contributed by atoms with Crippen molar-refractivity contribution in [1.29, 1.82) is 0 Å². The summed E-state index contributed by atoms with van der Waals surface area (Å²) in [5.41, 5.74) is 2.21. The molecule has 1 aliphatic heterocycles. The molecule has 1 saturated heterocycles. The van der Waals surface area contributed by atoms with Crippen LogP contribution in [0.2, 0.25) is 72.5 Å². The molecule has 0 aliphatic carbocycles. The highest BCUT2D eigenvalue weighted by atomic mass is 32.2. The van der Waals surface area contributed by atoms with Crippen molar-refractivity contribution in [2.24, 2.45) is 5.92 Å². The number of sulfone groups is 1. The van der Waals surface area contributed by atoms with Crippen molar-refractivity contribution in [3.8, 4) is 0 Å². The van der Waals surface area contributed by atoms with Gasteiger partial charge in [-0.25, -0.2) is 13.4 Å². The number of nitrogens with zero attached hydrogens (tertiary/aromatic N) is 1. The molecule has 6 atom stereocenters. The average molecular weight is 889 g/mol. The first-order chi connectivity index (χ1) is 25.7. The van der Waals surface area contributed by atoms with Gasteiger partial charge in [-0.15, -0.1) is 11.3 Å². The van der Waals surface area contributed by atoms with Crippen LogP contribution in [0.15, 0.2) is 28.6 Å². The van der Waals surface area contributed by atoms with Gasteiger partial charge < -0.3 is 22.4 Å². The second-order valence-corrected chi connectivity index (χ2v) is 42.7. The third kappa shape index (κ3) is 12.0. The summed E-state index contributed by atoms with van der Waals surface area (Å²) in [5, 5.41) is -0.0241. The van der Waals surface area contributed by atoms with E-state index in [0.717, 1.165) is 29.3 Å². The summed E-state index contributed by atoms with van der Waals surface area (Å²) in [6.07, 6.45) is -0.672. The highest BCUT2D eigenvalue weighted by Crippen LogP contribution is 2.45. The summed E-state index contributed by atoms with van der Waals surface area (Å²) in [5.74, 6) is -0.0814. The molecule has 0 radical (unpaired) electrons. The SMILES string of the molecule is CC[Si](CC)(CC)O[C@@H]([C@H](O[Si](C)(C)C(C)(C)C)[C@H](C)CCO[Si](C(C)C)(C(C)C)C(C)C)[C@@H]1C[C@@H](O[Si](C)(C)C)[C@@H](CS(=O)(=O)c2nc3ccccc3s2)O1. The van der Waals surface area contributed by atoms with Crippen LogP contribution in [0, 0.1) is 5.92 Å². The van der Waals surface area contributed by atoms with Gasteiger partial charge in [-0.1, -0.05) is 102 Å². The molecule has 0 amide bonds. The van der Waals surface area contributed by atoms with Gasteiger partial charge >= 0.3 is 0 Å². The molecule has 3 rings (SSSR count). The molecule has 0 spiro atoms. The molecule has 1 aromatic carbocycles. The first-order valence-electron chi connectivity index (χ1n) is 21.6. The zero-order valence-electron chi connectivity index (χ0n) is 38.6. The maximum absolute atomic E-state index is 14.2. The minimum absolute atomic E-state index is 0.0241. The second-order valence-electron chi connectivity index (χ2n) is 20.0. The van der Waals surface area contributed by atoms with Crippen molar-refractivity contribution < 1.29 is 30.9 Å². The zero-order chi connectivity index (χ0) is 42.7.